The van der Waals surface area contributed by atoms with E-state index in [4.69, 9.17) is 14.7 Å². The smallest absolute Gasteiger partial charge is 0.361 e. The Morgan fingerprint density at radius 1 is 1.03 bits per heavy atom. The van der Waals surface area contributed by atoms with Crippen molar-refractivity contribution >= 4 is 5.91 Å². The van der Waals surface area contributed by atoms with Gasteiger partial charge in [-0.3, -0.25) is 4.79 Å². The third-order valence-electron chi connectivity index (χ3n) is 6.59. The van der Waals surface area contributed by atoms with Crippen LogP contribution in [0.3, 0.4) is 0 Å². The lowest BCUT2D eigenvalue weighted by Crippen LogP contribution is -2.48. The molecule has 1 aliphatic heterocycles. The molecule has 1 amide bonds. The average Bonchev–Trinajstić information content (AvgIpc) is 3.59. The number of methoxy groups -OCH3 is 1. The molecule has 186 valence electrons. The number of carbonyl (C=O) groups excluding carboxylic acids is 1. The monoisotopic (exact) mass is 496 g/mol. The van der Waals surface area contributed by atoms with Crippen molar-refractivity contribution in [1.82, 2.24) is 25.1 Å². The van der Waals surface area contributed by atoms with E-state index in [9.17, 15) is 9.59 Å². The molecule has 5 rings (SSSR count). The summed E-state index contributed by atoms with van der Waals surface area (Å²) in [6.07, 6.45) is 0.477. The van der Waals surface area contributed by atoms with Gasteiger partial charge in [-0.05, 0) is 76.5 Å². The van der Waals surface area contributed by atoms with Crippen molar-refractivity contribution in [2.75, 3.05) is 26.8 Å². The van der Waals surface area contributed by atoms with Crippen LogP contribution < -0.4 is 15.2 Å². The number of H-pyrrole nitrogens is 1. The molecule has 0 spiro atoms. The Bertz CT molecular complexity index is 1490. The molecule has 2 heterocycles. The van der Waals surface area contributed by atoms with Gasteiger partial charge in [0.25, 0.3) is 5.91 Å². The molecule has 37 heavy (non-hydrogen) atoms. The highest BCUT2D eigenvalue weighted by atomic mass is 16.5. The van der Waals surface area contributed by atoms with Crippen molar-refractivity contribution in [3.63, 3.8) is 0 Å². The van der Waals surface area contributed by atoms with Crippen LogP contribution in [-0.2, 0) is 5.54 Å². The molecular weight excluding hydrogens is 472 g/mol. The van der Waals surface area contributed by atoms with E-state index in [2.05, 4.69) is 21.6 Å². The lowest BCUT2D eigenvalue weighted by atomic mass is 10.00. The number of amides is 1. The molecule has 0 aliphatic carbocycles. The first-order chi connectivity index (χ1) is 18.0. The first-order valence-electron chi connectivity index (χ1n) is 11.7. The van der Waals surface area contributed by atoms with Gasteiger partial charge in [-0.2, -0.15) is 9.94 Å². The minimum atomic E-state index is -0.877. The Morgan fingerprint density at radius 2 is 1.68 bits per heavy atom. The fourth-order valence-corrected chi connectivity index (χ4v) is 4.50. The summed E-state index contributed by atoms with van der Waals surface area (Å²) in [7, 11) is 1.57. The normalized spacial score (nSPS) is 16.8. The van der Waals surface area contributed by atoms with Crippen LogP contribution in [0.15, 0.2) is 77.6 Å². The maximum Gasteiger partial charge on any atom is 0.361 e. The molecule has 1 fully saturated rings. The molecule has 1 aliphatic rings. The number of carbonyl (C=O) groups is 1. The Labute approximate surface area is 212 Å². The van der Waals surface area contributed by atoms with Crippen LogP contribution in [-0.4, -0.2) is 57.8 Å². The molecule has 3 aromatic carbocycles. The van der Waals surface area contributed by atoms with Crippen LogP contribution in [0.2, 0.25) is 0 Å². The number of benzene rings is 3. The van der Waals surface area contributed by atoms with Crippen molar-refractivity contribution in [2.24, 2.45) is 0 Å². The number of ether oxygens (including phenoxy) is 2. The van der Waals surface area contributed by atoms with Crippen molar-refractivity contribution in [3.8, 4) is 28.7 Å². The van der Waals surface area contributed by atoms with Gasteiger partial charge in [0.05, 0.1) is 18.7 Å². The predicted octanol–water partition coefficient (Wildman–Crippen LogP) is 2.83. The highest BCUT2D eigenvalue weighted by Crippen LogP contribution is 2.31. The maximum absolute atomic E-state index is 13.2. The van der Waals surface area contributed by atoms with Gasteiger partial charge in [-0.1, -0.05) is 24.3 Å². The molecule has 0 saturated carbocycles. The first kappa shape index (κ1) is 23.8. The molecule has 1 aromatic heterocycles. The summed E-state index contributed by atoms with van der Waals surface area (Å²) in [6.45, 7) is 0.806. The topological polar surface area (TPSA) is 126 Å². The molecule has 1 atom stereocenters. The second-order valence-corrected chi connectivity index (χ2v) is 8.85. The molecule has 0 bridgehead atoms. The van der Waals surface area contributed by atoms with Crippen LogP contribution in [0.5, 0.6) is 11.5 Å². The number of tetrazole rings is 1. The number of hydrogen-bond donors (Lipinski definition) is 1. The van der Waals surface area contributed by atoms with E-state index in [1.807, 2.05) is 36.4 Å². The van der Waals surface area contributed by atoms with Crippen molar-refractivity contribution in [3.05, 3.63) is 94.4 Å². The van der Waals surface area contributed by atoms with E-state index in [0.717, 1.165) is 11.1 Å². The van der Waals surface area contributed by atoms with Crippen molar-refractivity contribution in [2.45, 2.75) is 12.0 Å². The fraction of sp³-hybridized carbons (Fsp3) is 0.222. The quantitative estimate of drug-likeness (QED) is 0.417. The Kier molecular flexibility index (Phi) is 6.43. The number of likely N-dealkylation sites (tertiary alicyclic amines) is 1. The van der Waals surface area contributed by atoms with Gasteiger partial charge >= 0.3 is 5.69 Å². The van der Waals surface area contributed by atoms with E-state index >= 15 is 0 Å². The van der Waals surface area contributed by atoms with Gasteiger partial charge < -0.3 is 14.4 Å². The van der Waals surface area contributed by atoms with Crippen LogP contribution in [0.1, 0.15) is 22.3 Å². The number of nitrogens with one attached hydrogen (secondary N) is 1. The zero-order chi connectivity index (χ0) is 25.8. The summed E-state index contributed by atoms with van der Waals surface area (Å²) in [4.78, 5) is 27.3. The van der Waals surface area contributed by atoms with Gasteiger partial charge in [-0.15, -0.1) is 0 Å². The molecule has 4 aromatic rings. The van der Waals surface area contributed by atoms with E-state index < -0.39 is 11.2 Å². The van der Waals surface area contributed by atoms with Crippen LogP contribution in [0.25, 0.3) is 11.1 Å². The Balaban J connectivity index is 1.33. The largest absolute Gasteiger partial charge is 0.497 e. The number of aromatic amines is 1. The lowest BCUT2D eigenvalue weighted by Gasteiger charge is -2.28. The highest BCUT2D eigenvalue weighted by Gasteiger charge is 2.45. The third-order valence-corrected chi connectivity index (χ3v) is 6.59. The highest BCUT2D eigenvalue weighted by molar-refractivity contribution is 5.94. The van der Waals surface area contributed by atoms with Crippen LogP contribution >= 0.6 is 0 Å². The fourth-order valence-electron chi connectivity index (χ4n) is 4.50. The summed E-state index contributed by atoms with van der Waals surface area (Å²) in [6, 6.07) is 23.9. The molecule has 1 N–H and O–H groups in total. The van der Waals surface area contributed by atoms with Gasteiger partial charge in [0.1, 0.15) is 23.6 Å². The van der Waals surface area contributed by atoms with E-state index in [1.165, 1.54) is 4.68 Å². The van der Waals surface area contributed by atoms with Crippen molar-refractivity contribution < 1.29 is 14.3 Å². The number of aromatic nitrogens is 4. The van der Waals surface area contributed by atoms with E-state index in [-0.39, 0.29) is 19.1 Å². The van der Waals surface area contributed by atoms with Gasteiger partial charge in [0.2, 0.25) is 0 Å². The number of rotatable bonds is 7. The second kappa shape index (κ2) is 9.99. The average molecular weight is 497 g/mol. The summed E-state index contributed by atoms with van der Waals surface area (Å²) < 4.78 is 12.6. The van der Waals surface area contributed by atoms with Crippen LogP contribution in [0, 0.1) is 11.3 Å². The minimum Gasteiger partial charge on any atom is -0.497 e. The maximum atomic E-state index is 13.2. The first-order valence-corrected chi connectivity index (χ1v) is 11.7. The molecule has 1 saturated heterocycles. The summed E-state index contributed by atoms with van der Waals surface area (Å²) in [5.74, 6) is 1.14. The zero-order valence-corrected chi connectivity index (χ0v) is 20.1. The molecule has 0 radical (unpaired) electrons. The lowest BCUT2D eigenvalue weighted by molar-refractivity contribution is 0.0743. The van der Waals surface area contributed by atoms with Crippen molar-refractivity contribution in [1.29, 1.82) is 5.26 Å². The number of nitrogens with zero attached hydrogens (tertiary/aromatic N) is 5. The molecule has 0 unspecified atom stereocenters. The Morgan fingerprint density at radius 3 is 2.27 bits per heavy atom. The van der Waals surface area contributed by atoms with Crippen LogP contribution in [0.4, 0.5) is 0 Å². The zero-order valence-electron chi connectivity index (χ0n) is 20.1. The summed E-state index contributed by atoms with van der Waals surface area (Å²) in [5, 5.41) is 19.0. The molecule has 10 nitrogen and oxygen atoms in total. The van der Waals surface area contributed by atoms with Gasteiger partial charge in [0.15, 0.2) is 0 Å². The number of hydrogen-bond acceptors (Lipinski definition) is 7. The van der Waals surface area contributed by atoms with Gasteiger partial charge in [0, 0.05) is 18.7 Å². The second-order valence-electron chi connectivity index (χ2n) is 8.85. The Hall–Kier alpha value is -4.91. The molecular formula is C27H24N6O4. The summed E-state index contributed by atoms with van der Waals surface area (Å²) >= 11 is 0. The third kappa shape index (κ3) is 4.79. The van der Waals surface area contributed by atoms with E-state index in [1.54, 1.807) is 48.4 Å². The number of nitriles is 1. The standard InChI is InChI=1S/C27H24N6O4/c1-36-23-10-8-22(9-11-23)25(34)32-15-14-27(17-32,33-26(35)29-30-31-33)18-37-24-12-6-21(7-13-24)20-4-2-19(16-28)3-5-20/h2-13H,14-15,17-18H2,1H3,(H,29,31,35)/t27-/m1/s1. The van der Waals surface area contributed by atoms with Gasteiger partial charge in [-0.25, -0.2) is 9.89 Å². The molecule has 10 heteroatoms. The minimum absolute atomic E-state index is 0.127. The predicted molar refractivity (Wildman–Crippen MR) is 134 cm³/mol. The SMILES string of the molecule is COc1ccc(C(=O)N2CC[C@@](COc3ccc(-c4ccc(C#N)cc4)cc3)(n3nn[nH]c3=O)C2)cc1. The van der Waals surface area contributed by atoms with E-state index in [0.29, 0.717) is 35.6 Å². The summed E-state index contributed by atoms with van der Waals surface area (Å²) in [5.41, 5.74) is 1.77.